The molecule has 1 aromatic carbocycles. The van der Waals surface area contributed by atoms with E-state index in [9.17, 15) is 14.4 Å². The second-order valence-corrected chi connectivity index (χ2v) is 6.38. The summed E-state index contributed by atoms with van der Waals surface area (Å²) in [6.45, 7) is 1.71. The van der Waals surface area contributed by atoms with Gasteiger partial charge < -0.3 is 19.2 Å². The van der Waals surface area contributed by atoms with Gasteiger partial charge in [-0.1, -0.05) is 12.1 Å². The largest absolute Gasteiger partial charge is 0.478 e. The number of aromatic carboxylic acids is 1. The van der Waals surface area contributed by atoms with Gasteiger partial charge in [0.2, 0.25) is 0 Å². The highest BCUT2D eigenvalue weighted by molar-refractivity contribution is 5.89. The summed E-state index contributed by atoms with van der Waals surface area (Å²) in [6.07, 6.45) is -0.0126. The van der Waals surface area contributed by atoms with Crippen molar-refractivity contribution in [2.75, 3.05) is 0 Å². The molecular weight excluding hydrogens is 350 g/mol. The minimum Gasteiger partial charge on any atom is -0.478 e. The van der Waals surface area contributed by atoms with E-state index in [1.165, 1.54) is 12.1 Å². The maximum Gasteiger partial charge on any atom is 0.335 e. The number of aromatic amines is 1. The van der Waals surface area contributed by atoms with E-state index in [4.69, 9.17) is 14.3 Å². The van der Waals surface area contributed by atoms with Gasteiger partial charge in [0.15, 0.2) is 0 Å². The number of carboxylic acid groups (broad SMARTS) is 1. The first kappa shape index (κ1) is 16.8. The molecule has 1 aliphatic rings. The van der Waals surface area contributed by atoms with Crippen molar-refractivity contribution in [2.45, 2.75) is 19.3 Å². The molecule has 0 saturated carbocycles. The molecule has 0 radical (unpaired) electrons. The fourth-order valence-corrected chi connectivity index (χ4v) is 3.26. The Hall–Kier alpha value is -3.61. The zero-order chi connectivity index (χ0) is 19.1. The van der Waals surface area contributed by atoms with E-state index >= 15 is 0 Å². The Balaban J connectivity index is 1.77. The number of aromatic nitrogens is 1. The Bertz CT molecular complexity index is 1120. The van der Waals surface area contributed by atoms with Gasteiger partial charge in [-0.2, -0.15) is 0 Å². The SMILES string of the molecule is Cc1cc2c(c(=O)[nH]1)[C@H](c1ccc(-c3cccc(C(=O)O)c3)o1)CC(=O)O2. The number of carboxylic acids is 1. The molecule has 3 heterocycles. The van der Waals surface area contributed by atoms with E-state index in [-0.39, 0.29) is 23.3 Å². The van der Waals surface area contributed by atoms with E-state index in [2.05, 4.69) is 4.98 Å². The molecule has 7 heteroatoms. The van der Waals surface area contributed by atoms with Gasteiger partial charge in [0.05, 0.1) is 23.5 Å². The van der Waals surface area contributed by atoms with Crippen molar-refractivity contribution in [1.29, 1.82) is 0 Å². The molecule has 7 nitrogen and oxygen atoms in total. The van der Waals surface area contributed by atoms with Crippen LogP contribution in [0.1, 0.15) is 39.7 Å². The Morgan fingerprint density at radius 2 is 2.00 bits per heavy atom. The Kier molecular flexibility index (Phi) is 3.92. The van der Waals surface area contributed by atoms with Gasteiger partial charge in [0, 0.05) is 17.3 Å². The van der Waals surface area contributed by atoms with Crippen LogP contribution < -0.4 is 10.3 Å². The highest BCUT2D eigenvalue weighted by Gasteiger charge is 2.33. The highest BCUT2D eigenvalue weighted by Crippen LogP contribution is 2.38. The molecule has 27 heavy (non-hydrogen) atoms. The maximum absolute atomic E-state index is 12.4. The monoisotopic (exact) mass is 365 g/mol. The van der Waals surface area contributed by atoms with Crippen LogP contribution in [0.25, 0.3) is 11.3 Å². The van der Waals surface area contributed by atoms with Crippen LogP contribution in [0.4, 0.5) is 0 Å². The van der Waals surface area contributed by atoms with E-state index in [0.29, 0.717) is 28.3 Å². The Morgan fingerprint density at radius 1 is 1.19 bits per heavy atom. The molecule has 4 rings (SSSR count). The number of rotatable bonds is 3. The number of carbonyl (C=O) groups excluding carboxylic acids is 1. The number of esters is 1. The molecule has 3 aromatic rings. The predicted octanol–water partition coefficient (Wildman–Crippen LogP) is 3.08. The third-order valence-electron chi connectivity index (χ3n) is 4.48. The van der Waals surface area contributed by atoms with Crippen molar-refractivity contribution in [3.05, 3.63) is 75.4 Å². The summed E-state index contributed by atoms with van der Waals surface area (Å²) in [6, 6.07) is 11.3. The van der Waals surface area contributed by atoms with Crippen LogP contribution in [0.2, 0.25) is 0 Å². The second-order valence-electron chi connectivity index (χ2n) is 6.38. The summed E-state index contributed by atoms with van der Waals surface area (Å²) < 4.78 is 11.1. The predicted molar refractivity (Wildman–Crippen MR) is 95.0 cm³/mol. The Morgan fingerprint density at radius 3 is 2.78 bits per heavy atom. The molecule has 0 aliphatic carbocycles. The number of pyridine rings is 1. The average molecular weight is 365 g/mol. The van der Waals surface area contributed by atoms with Gasteiger partial charge in [-0.05, 0) is 31.2 Å². The molecule has 0 unspecified atom stereocenters. The van der Waals surface area contributed by atoms with E-state index in [1.54, 1.807) is 37.3 Å². The number of hydrogen-bond donors (Lipinski definition) is 2. The summed E-state index contributed by atoms with van der Waals surface area (Å²) in [7, 11) is 0. The molecule has 0 fully saturated rings. The number of carbonyl (C=O) groups is 2. The number of furan rings is 1. The number of fused-ring (bicyclic) bond motifs is 1. The van der Waals surface area contributed by atoms with Crippen LogP contribution in [0.3, 0.4) is 0 Å². The van der Waals surface area contributed by atoms with E-state index < -0.39 is 17.9 Å². The third-order valence-corrected chi connectivity index (χ3v) is 4.48. The van der Waals surface area contributed by atoms with Crippen LogP contribution in [0, 0.1) is 6.92 Å². The van der Waals surface area contributed by atoms with Gasteiger partial charge in [-0.3, -0.25) is 9.59 Å². The summed E-state index contributed by atoms with van der Waals surface area (Å²) in [4.78, 5) is 38.3. The molecule has 1 aliphatic heterocycles. The molecule has 136 valence electrons. The van der Waals surface area contributed by atoms with Crippen molar-refractivity contribution in [2.24, 2.45) is 0 Å². The summed E-state index contributed by atoms with van der Waals surface area (Å²) in [5, 5.41) is 9.14. The summed E-state index contributed by atoms with van der Waals surface area (Å²) in [5.74, 6) is -0.904. The number of ether oxygens (including phenoxy) is 1. The van der Waals surface area contributed by atoms with Gasteiger partial charge in [-0.25, -0.2) is 4.79 Å². The van der Waals surface area contributed by atoms with Crippen LogP contribution in [0.5, 0.6) is 5.75 Å². The van der Waals surface area contributed by atoms with Gasteiger partial charge >= 0.3 is 11.9 Å². The lowest BCUT2D eigenvalue weighted by Gasteiger charge is -2.22. The summed E-state index contributed by atoms with van der Waals surface area (Å²) >= 11 is 0. The molecule has 2 aromatic heterocycles. The average Bonchev–Trinajstić information content (AvgIpc) is 3.10. The Labute approximate surface area is 153 Å². The number of H-pyrrole nitrogens is 1. The van der Waals surface area contributed by atoms with Crippen LogP contribution in [-0.2, 0) is 4.79 Å². The van der Waals surface area contributed by atoms with E-state index in [1.807, 2.05) is 0 Å². The third kappa shape index (κ3) is 3.03. The lowest BCUT2D eigenvalue weighted by Crippen LogP contribution is -2.28. The van der Waals surface area contributed by atoms with Crippen molar-refractivity contribution >= 4 is 11.9 Å². The maximum atomic E-state index is 12.4. The molecule has 0 amide bonds. The molecule has 0 saturated heterocycles. The first-order valence-electron chi connectivity index (χ1n) is 8.30. The number of benzene rings is 1. The normalized spacial score (nSPS) is 15.9. The van der Waals surface area contributed by atoms with Crippen molar-refractivity contribution in [3.63, 3.8) is 0 Å². The van der Waals surface area contributed by atoms with Crippen molar-refractivity contribution in [1.82, 2.24) is 4.98 Å². The smallest absolute Gasteiger partial charge is 0.335 e. The zero-order valence-electron chi connectivity index (χ0n) is 14.3. The number of aryl methyl sites for hydroxylation is 1. The van der Waals surface area contributed by atoms with Crippen molar-refractivity contribution < 1.29 is 23.8 Å². The second kappa shape index (κ2) is 6.28. The standard InChI is InChI=1S/C20H15NO6/c1-10-7-16-18(19(23)21-10)13(9-17(22)27-16)15-6-5-14(26-15)11-3-2-4-12(8-11)20(24)25/h2-8,13H,9H2,1H3,(H,21,23)(H,24,25)/t13-/m0/s1. The topological polar surface area (TPSA) is 110 Å². The quantitative estimate of drug-likeness (QED) is 0.690. The van der Waals surface area contributed by atoms with Crippen molar-refractivity contribution in [3.8, 4) is 17.1 Å². The molecule has 2 N–H and O–H groups in total. The highest BCUT2D eigenvalue weighted by atomic mass is 16.5. The fourth-order valence-electron chi connectivity index (χ4n) is 3.26. The number of hydrogen-bond acceptors (Lipinski definition) is 5. The van der Waals surface area contributed by atoms with Gasteiger partial charge in [0.25, 0.3) is 5.56 Å². The first-order chi connectivity index (χ1) is 12.9. The molecule has 0 spiro atoms. The summed E-state index contributed by atoms with van der Waals surface area (Å²) in [5.41, 5.74) is 1.35. The van der Waals surface area contributed by atoms with Crippen LogP contribution in [0.15, 0.2) is 51.7 Å². The lowest BCUT2D eigenvalue weighted by atomic mass is 9.91. The molecule has 1 atom stereocenters. The van der Waals surface area contributed by atoms with E-state index in [0.717, 1.165) is 0 Å². The van der Waals surface area contributed by atoms with Crippen LogP contribution >= 0.6 is 0 Å². The van der Waals surface area contributed by atoms with Gasteiger partial charge in [0.1, 0.15) is 17.3 Å². The lowest BCUT2D eigenvalue weighted by molar-refractivity contribution is -0.135. The first-order valence-corrected chi connectivity index (χ1v) is 8.30. The minimum absolute atomic E-state index is 0.0126. The minimum atomic E-state index is -1.03. The zero-order valence-corrected chi connectivity index (χ0v) is 14.3. The fraction of sp³-hybridized carbons (Fsp3) is 0.150. The van der Waals surface area contributed by atoms with Gasteiger partial charge in [-0.15, -0.1) is 0 Å². The molecule has 0 bridgehead atoms. The van der Waals surface area contributed by atoms with Crippen LogP contribution in [-0.4, -0.2) is 22.0 Å². The molecular formula is C20H15NO6. The number of nitrogens with one attached hydrogen (secondary N) is 1.